The molecule has 0 aliphatic carbocycles. The van der Waals surface area contributed by atoms with Crippen LogP contribution in [-0.2, 0) is 30.5 Å². The third-order valence-electron chi connectivity index (χ3n) is 5.87. The average Bonchev–Trinajstić information content (AvgIpc) is 3.15. The van der Waals surface area contributed by atoms with E-state index in [1.54, 1.807) is 12.1 Å². The molecule has 1 aliphatic rings. The number of para-hydroxylation sites is 1. The Morgan fingerprint density at radius 3 is 2.14 bits per heavy atom. The van der Waals surface area contributed by atoms with E-state index in [4.69, 9.17) is 16.6 Å². The molecule has 1 heterocycles. The summed E-state index contributed by atoms with van der Waals surface area (Å²) in [4.78, 5) is 78.0. The molecule has 3 atom stereocenters. The van der Waals surface area contributed by atoms with Gasteiger partial charge in [-0.25, -0.2) is 14.5 Å². The summed E-state index contributed by atoms with van der Waals surface area (Å²) in [5.74, 6) is -7.19. The number of carboxylic acid groups (broad SMARTS) is 2. The third-order valence-corrected chi connectivity index (χ3v) is 5.87. The second kappa shape index (κ2) is 10.6. The van der Waals surface area contributed by atoms with Crippen LogP contribution in [0, 0.1) is 0 Å². The number of rotatable bonds is 10. The van der Waals surface area contributed by atoms with Gasteiger partial charge in [-0.05, 0) is 30.2 Å². The number of hydrogen-bond acceptors (Lipinski definition) is 8. The summed E-state index contributed by atoms with van der Waals surface area (Å²) in [7, 11) is 0. The van der Waals surface area contributed by atoms with E-state index in [0.717, 1.165) is 12.5 Å². The van der Waals surface area contributed by atoms with Crippen molar-refractivity contribution in [2.75, 3.05) is 4.90 Å². The maximum Gasteiger partial charge on any atom is 0.360 e. The van der Waals surface area contributed by atoms with Gasteiger partial charge in [0, 0.05) is 12.2 Å². The second-order valence-corrected chi connectivity index (χ2v) is 8.25. The molecule has 3 rings (SSSR count). The molecule has 13 nitrogen and oxygen atoms in total. The lowest BCUT2D eigenvalue weighted by Gasteiger charge is -2.43. The highest BCUT2D eigenvalue weighted by atomic mass is 16.4. The summed E-state index contributed by atoms with van der Waals surface area (Å²) in [5, 5.41) is 21.9. The molecule has 0 unspecified atom stereocenters. The lowest BCUT2D eigenvalue weighted by atomic mass is 9.96. The van der Waals surface area contributed by atoms with Crippen LogP contribution in [-0.4, -0.2) is 62.4 Å². The first kappa shape index (κ1) is 27.0. The van der Waals surface area contributed by atoms with Gasteiger partial charge in [0.25, 0.3) is 11.6 Å². The maximum absolute atomic E-state index is 13.6. The number of benzene rings is 2. The number of anilines is 1. The van der Waals surface area contributed by atoms with Crippen LogP contribution in [0.25, 0.3) is 0 Å². The molecule has 0 aromatic heterocycles. The van der Waals surface area contributed by atoms with Crippen molar-refractivity contribution in [2.24, 2.45) is 11.5 Å². The monoisotopic (exact) mass is 511 g/mol. The van der Waals surface area contributed by atoms with Crippen molar-refractivity contribution in [2.45, 2.75) is 37.6 Å². The topological polar surface area (TPSA) is 213 Å². The van der Waals surface area contributed by atoms with Gasteiger partial charge in [-0.15, -0.1) is 0 Å². The first-order chi connectivity index (χ1) is 17.5. The van der Waals surface area contributed by atoms with Crippen molar-refractivity contribution in [3.63, 3.8) is 0 Å². The summed E-state index contributed by atoms with van der Waals surface area (Å²) in [5.41, 5.74) is 8.95. The molecule has 0 bridgehead atoms. The fourth-order valence-corrected chi connectivity index (χ4v) is 4.11. The Bertz CT molecular complexity index is 1230. The van der Waals surface area contributed by atoms with Gasteiger partial charge in [0.1, 0.15) is 6.04 Å². The van der Waals surface area contributed by atoms with Crippen LogP contribution in [0.5, 0.6) is 0 Å². The second-order valence-electron chi connectivity index (χ2n) is 8.25. The minimum absolute atomic E-state index is 0.164. The van der Waals surface area contributed by atoms with Gasteiger partial charge >= 0.3 is 18.0 Å². The predicted molar refractivity (Wildman–Crippen MR) is 128 cm³/mol. The molecule has 194 valence electrons. The van der Waals surface area contributed by atoms with Crippen molar-refractivity contribution >= 4 is 41.3 Å². The molecule has 1 saturated heterocycles. The molecule has 0 saturated carbocycles. The van der Waals surface area contributed by atoms with Crippen LogP contribution < -0.4 is 21.7 Å². The highest BCUT2D eigenvalue weighted by Crippen LogP contribution is 2.35. The lowest BCUT2D eigenvalue weighted by molar-refractivity contribution is -0.161. The molecule has 37 heavy (non-hydrogen) atoms. The van der Waals surface area contributed by atoms with Crippen LogP contribution in [0.1, 0.15) is 30.5 Å². The van der Waals surface area contributed by atoms with E-state index >= 15 is 0 Å². The van der Waals surface area contributed by atoms with Gasteiger partial charge in [-0.2, -0.15) is 0 Å². The van der Waals surface area contributed by atoms with Crippen molar-refractivity contribution < 1.29 is 39.0 Å². The minimum Gasteiger partial charge on any atom is -0.481 e. The van der Waals surface area contributed by atoms with Gasteiger partial charge in [0.15, 0.2) is 5.78 Å². The summed E-state index contributed by atoms with van der Waals surface area (Å²) < 4.78 is 0. The van der Waals surface area contributed by atoms with E-state index < -0.39 is 59.7 Å². The smallest absolute Gasteiger partial charge is 0.360 e. The first-order valence-electron chi connectivity index (χ1n) is 11.0. The molecule has 1 aliphatic heterocycles. The number of imide groups is 1. The fourth-order valence-electron chi connectivity index (χ4n) is 4.11. The lowest BCUT2D eigenvalue weighted by Crippen LogP contribution is -2.74. The number of Topliss-reactive ketones (excluding diaryl/α,β-unsaturated/α-hetero) is 1. The molecule has 7 N–H and O–H groups in total. The molecule has 4 amide bonds. The van der Waals surface area contributed by atoms with E-state index in [1.165, 1.54) is 42.5 Å². The molecular formula is C24H25N5O8. The number of carbonyl (C=O) groups excluding carboxylic acids is 4. The van der Waals surface area contributed by atoms with Gasteiger partial charge in [-0.1, -0.05) is 42.5 Å². The van der Waals surface area contributed by atoms with Crippen molar-refractivity contribution in [1.82, 2.24) is 10.2 Å². The number of urea groups is 1. The number of nitrogens with two attached hydrogens (primary N) is 2. The van der Waals surface area contributed by atoms with Crippen molar-refractivity contribution in [3.8, 4) is 0 Å². The number of ketones is 1. The van der Waals surface area contributed by atoms with Crippen molar-refractivity contribution in [3.05, 3.63) is 65.7 Å². The zero-order chi connectivity index (χ0) is 27.5. The SMILES string of the molecule is CC(=O)[C@](C(=O)O)(N1C(=O)N[C@H](c2ccc(CN)cc2)C1=O)N(C(=O)[C@@H](N)CC(=O)O)c1ccccc1. The highest BCUT2D eigenvalue weighted by molar-refractivity contribution is 6.23. The largest absolute Gasteiger partial charge is 0.481 e. The molecular weight excluding hydrogens is 486 g/mol. The summed E-state index contributed by atoms with van der Waals surface area (Å²) in [6.07, 6.45) is -0.911. The molecule has 2 aromatic rings. The van der Waals surface area contributed by atoms with Gasteiger partial charge in [-0.3, -0.25) is 24.1 Å². The quantitative estimate of drug-likeness (QED) is 0.212. The Morgan fingerprint density at radius 2 is 1.65 bits per heavy atom. The van der Waals surface area contributed by atoms with E-state index in [1.807, 2.05) is 0 Å². The highest BCUT2D eigenvalue weighted by Gasteiger charge is 2.64. The van der Waals surface area contributed by atoms with Gasteiger partial charge in [0.2, 0.25) is 5.91 Å². The predicted octanol–water partition coefficient (Wildman–Crippen LogP) is -0.0567. The average molecular weight is 511 g/mol. The number of carboxylic acids is 2. The summed E-state index contributed by atoms with van der Waals surface area (Å²) in [6, 6.07) is 8.67. The number of nitrogens with zero attached hydrogens (tertiary/aromatic N) is 2. The number of nitrogens with one attached hydrogen (secondary N) is 1. The van der Waals surface area contributed by atoms with Crippen LogP contribution in [0.2, 0.25) is 0 Å². The Kier molecular flexibility index (Phi) is 7.70. The van der Waals surface area contributed by atoms with E-state index in [2.05, 4.69) is 5.32 Å². The third kappa shape index (κ3) is 4.77. The van der Waals surface area contributed by atoms with E-state index in [0.29, 0.717) is 4.90 Å². The Hall–Kier alpha value is -4.62. The van der Waals surface area contributed by atoms with E-state index in [9.17, 15) is 33.9 Å². The Morgan fingerprint density at radius 1 is 1.05 bits per heavy atom. The van der Waals surface area contributed by atoms with Crippen LogP contribution >= 0.6 is 0 Å². The zero-order valence-electron chi connectivity index (χ0n) is 19.7. The number of hydrogen-bond donors (Lipinski definition) is 5. The van der Waals surface area contributed by atoms with Gasteiger partial charge < -0.3 is 27.0 Å². The number of carbonyl (C=O) groups is 6. The Balaban J connectivity index is 2.22. The summed E-state index contributed by atoms with van der Waals surface area (Å²) in [6.45, 7) is 1.01. The zero-order valence-corrected chi connectivity index (χ0v) is 19.7. The molecule has 1 fully saturated rings. The summed E-state index contributed by atoms with van der Waals surface area (Å²) >= 11 is 0. The van der Waals surface area contributed by atoms with E-state index in [-0.39, 0.29) is 22.7 Å². The first-order valence-corrected chi connectivity index (χ1v) is 11.0. The number of aliphatic carboxylic acids is 2. The van der Waals surface area contributed by atoms with Gasteiger partial charge in [0.05, 0.1) is 12.5 Å². The van der Waals surface area contributed by atoms with Crippen LogP contribution in [0.3, 0.4) is 0 Å². The molecule has 0 radical (unpaired) electrons. The van der Waals surface area contributed by atoms with Crippen molar-refractivity contribution in [1.29, 1.82) is 0 Å². The minimum atomic E-state index is -3.22. The molecule has 2 aromatic carbocycles. The number of amides is 4. The standard InChI is InChI=1S/C24H25N5O8/c1-13(30)24(22(35)36,28(16-5-3-2-4-6-16)20(33)17(26)11-18(31)32)29-21(34)19(27-23(29)37)15-9-7-14(12-25)8-10-15/h2-10,17,19H,11-12,25-26H2,1H3,(H,27,37)(H,31,32)(H,35,36)/t17-,19+,24+/m0/s1. The normalized spacial score (nSPS) is 17.5. The molecule has 0 spiro atoms. The van der Waals surface area contributed by atoms with Crippen LogP contribution in [0.15, 0.2) is 54.6 Å². The Labute approximate surface area is 210 Å². The van der Waals surface area contributed by atoms with Crippen LogP contribution in [0.4, 0.5) is 10.5 Å². The maximum atomic E-state index is 13.6. The fraction of sp³-hybridized carbons (Fsp3) is 0.250. The molecule has 13 heteroatoms.